The van der Waals surface area contributed by atoms with Gasteiger partial charge in [0.2, 0.25) is 0 Å². The molecule has 4 nitrogen and oxygen atoms in total. The molecule has 5 heteroatoms. The van der Waals surface area contributed by atoms with Crippen LogP contribution >= 0.6 is 24.0 Å². The molecule has 0 saturated carbocycles. The van der Waals surface area contributed by atoms with Crippen LogP contribution < -0.4 is 10.6 Å². The highest BCUT2D eigenvalue weighted by atomic mass is 127. The number of hydrogen-bond acceptors (Lipinski definition) is 2. The van der Waals surface area contributed by atoms with Crippen molar-refractivity contribution in [2.45, 2.75) is 46.6 Å². The zero-order chi connectivity index (χ0) is 13.1. The second kappa shape index (κ2) is 13.4. The largest absolute Gasteiger partial charge is 0.356 e. The number of nitrogens with zero attached hydrogens (tertiary/aromatic N) is 2. The second-order valence-corrected chi connectivity index (χ2v) is 4.33. The third kappa shape index (κ3) is 9.94. The van der Waals surface area contributed by atoms with E-state index >= 15 is 0 Å². The van der Waals surface area contributed by atoms with Crippen molar-refractivity contribution in [2.24, 2.45) is 4.99 Å². The average molecular weight is 370 g/mol. The second-order valence-electron chi connectivity index (χ2n) is 4.33. The van der Waals surface area contributed by atoms with E-state index in [2.05, 4.69) is 48.2 Å². The first kappa shape index (κ1) is 20.3. The van der Waals surface area contributed by atoms with Crippen molar-refractivity contribution in [3.63, 3.8) is 0 Å². The molecule has 0 fully saturated rings. The molecule has 0 aromatic rings. The van der Waals surface area contributed by atoms with E-state index in [9.17, 15) is 0 Å². The van der Waals surface area contributed by atoms with E-state index in [1.54, 1.807) is 0 Å². The molecule has 1 atom stereocenters. The van der Waals surface area contributed by atoms with Crippen molar-refractivity contribution in [1.29, 1.82) is 0 Å². The van der Waals surface area contributed by atoms with E-state index in [1.165, 1.54) is 0 Å². The van der Waals surface area contributed by atoms with Gasteiger partial charge in [-0.05, 0) is 39.4 Å². The summed E-state index contributed by atoms with van der Waals surface area (Å²) in [5.41, 5.74) is 0. The van der Waals surface area contributed by atoms with Gasteiger partial charge in [-0.2, -0.15) is 0 Å². The number of rotatable bonds is 8. The molecule has 0 radical (unpaired) electrons. The van der Waals surface area contributed by atoms with Gasteiger partial charge in [-0.1, -0.05) is 20.8 Å². The summed E-state index contributed by atoms with van der Waals surface area (Å²) in [4.78, 5) is 6.65. The minimum absolute atomic E-state index is 0. The first-order chi connectivity index (χ1) is 8.17. The highest BCUT2D eigenvalue weighted by Crippen LogP contribution is 1.90. The summed E-state index contributed by atoms with van der Waals surface area (Å²) in [5, 5.41) is 6.71. The highest BCUT2D eigenvalue weighted by molar-refractivity contribution is 14.0. The first-order valence-electron chi connectivity index (χ1n) is 6.87. The Morgan fingerprint density at radius 3 is 2.28 bits per heavy atom. The van der Waals surface area contributed by atoms with Crippen molar-refractivity contribution < 1.29 is 0 Å². The molecule has 1 unspecified atom stereocenters. The molecule has 0 aliphatic heterocycles. The molecule has 0 aliphatic carbocycles. The van der Waals surface area contributed by atoms with E-state index in [-0.39, 0.29) is 24.0 Å². The third-order valence-corrected chi connectivity index (χ3v) is 3.06. The van der Waals surface area contributed by atoms with Crippen LogP contribution in [0, 0.1) is 0 Å². The van der Waals surface area contributed by atoms with Crippen LogP contribution in [0.1, 0.15) is 40.5 Å². The summed E-state index contributed by atoms with van der Waals surface area (Å²) >= 11 is 0. The van der Waals surface area contributed by atoms with Gasteiger partial charge in [0.1, 0.15) is 0 Å². The molecular weight excluding hydrogens is 339 g/mol. The van der Waals surface area contributed by atoms with Gasteiger partial charge in [0.25, 0.3) is 0 Å². The van der Waals surface area contributed by atoms with Gasteiger partial charge in [0.15, 0.2) is 5.96 Å². The minimum Gasteiger partial charge on any atom is -0.356 e. The maximum atomic E-state index is 4.21. The summed E-state index contributed by atoms with van der Waals surface area (Å²) in [6.45, 7) is 13.2. The fourth-order valence-electron chi connectivity index (χ4n) is 1.58. The molecule has 2 N–H and O–H groups in total. The van der Waals surface area contributed by atoms with E-state index < -0.39 is 0 Å². The summed E-state index contributed by atoms with van der Waals surface area (Å²) in [6.07, 6.45) is 2.27. The Labute approximate surface area is 130 Å². The molecule has 0 saturated heterocycles. The summed E-state index contributed by atoms with van der Waals surface area (Å²) in [5.74, 6) is 0.916. The van der Waals surface area contributed by atoms with Gasteiger partial charge < -0.3 is 15.5 Å². The van der Waals surface area contributed by atoms with Crippen LogP contribution in [0.2, 0.25) is 0 Å². The number of hydrogen-bond donors (Lipinski definition) is 2. The summed E-state index contributed by atoms with van der Waals surface area (Å²) in [7, 11) is 1.82. The zero-order valence-electron chi connectivity index (χ0n) is 12.6. The predicted octanol–water partition coefficient (Wildman–Crippen LogP) is 2.30. The smallest absolute Gasteiger partial charge is 0.191 e. The quantitative estimate of drug-likeness (QED) is 0.298. The average Bonchev–Trinajstić information content (AvgIpc) is 2.37. The van der Waals surface area contributed by atoms with Crippen molar-refractivity contribution in [1.82, 2.24) is 15.5 Å². The van der Waals surface area contributed by atoms with Gasteiger partial charge >= 0.3 is 0 Å². The van der Waals surface area contributed by atoms with Crippen LogP contribution in [0.25, 0.3) is 0 Å². The molecule has 0 aliphatic rings. The number of nitrogens with one attached hydrogen (secondary N) is 2. The molecule has 0 bridgehead atoms. The highest BCUT2D eigenvalue weighted by Gasteiger charge is 2.02. The Kier molecular flexibility index (Phi) is 15.1. The molecular formula is C13H31IN4. The Balaban J connectivity index is 0. The lowest BCUT2D eigenvalue weighted by molar-refractivity contribution is 0.300. The van der Waals surface area contributed by atoms with E-state index in [1.807, 2.05) is 7.05 Å². The standard InChI is InChI=1S/C13H30N4.HI/c1-6-12(4)16-13(14-5)15-10-9-11-17(7-2)8-3;/h12H,6-11H2,1-5H3,(H2,14,15,16);1H. The molecule has 0 heterocycles. The van der Waals surface area contributed by atoms with E-state index in [4.69, 9.17) is 0 Å². The Hall–Kier alpha value is -0.0400. The molecule has 18 heavy (non-hydrogen) atoms. The molecule has 0 aromatic heterocycles. The van der Waals surface area contributed by atoms with Gasteiger partial charge in [-0.3, -0.25) is 4.99 Å². The maximum Gasteiger partial charge on any atom is 0.191 e. The van der Waals surface area contributed by atoms with Crippen LogP contribution in [0.5, 0.6) is 0 Å². The summed E-state index contributed by atoms with van der Waals surface area (Å²) in [6, 6.07) is 0.476. The van der Waals surface area contributed by atoms with Crippen molar-refractivity contribution >= 4 is 29.9 Å². The maximum absolute atomic E-state index is 4.21. The van der Waals surface area contributed by atoms with E-state index in [0.717, 1.165) is 45.0 Å². The van der Waals surface area contributed by atoms with Crippen LogP contribution in [0.4, 0.5) is 0 Å². The van der Waals surface area contributed by atoms with Crippen molar-refractivity contribution in [3.05, 3.63) is 0 Å². The zero-order valence-corrected chi connectivity index (χ0v) is 15.0. The van der Waals surface area contributed by atoms with Crippen LogP contribution in [-0.4, -0.2) is 50.1 Å². The molecule has 110 valence electrons. The Morgan fingerprint density at radius 1 is 1.22 bits per heavy atom. The summed E-state index contributed by atoms with van der Waals surface area (Å²) < 4.78 is 0. The molecule has 0 spiro atoms. The van der Waals surface area contributed by atoms with Gasteiger partial charge in [0.05, 0.1) is 0 Å². The SMILES string of the molecule is CCC(C)NC(=NC)NCCCN(CC)CC.I. The Bertz CT molecular complexity index is 205. The first-order valence-corrected chi connectivity index (χ1v) is 6.87. The lowest BCUT2D eigenvalue weighted by atomic mass is 10.3. The lowest BCUT2D eigenvalue weighted by Gasteiger charge is -2.19. The fourth-order valence-corrected chi connectivity index (χ4v) is 1.58. The van der Waals surface area contributed by atoms with Crippen LogP contribution in [-0.2, 0) is 0 Å². The predicted molar refractivity (Wildman–Crippen MR) is 92.1 cm³/mol. The van der Waals surface area contributed by atoms with Gasteiger partial charge in [-0.15, -0.1) is 24.0 Å². The topological polar surface area (TPSA) is 39.7 Å². The molecule has 0 rings (SSSR count). The lowest BCUT2D eigenvalue weighted by Crippen LogP contribution is -2.42. The molecule has 0 aromatic carbocycles. The van der Waals surface area contributed by atoms with Gasteiger partial charge in [-0.25, -0.2) is 0 Å². The van der Waals surface area contributed by atoms with Crippen LogP contribution in [0.15, 0.2) is 4.99 Å². The number of halogens is 1. The minimum atomic E-state index is 0. The monoisotopic (exact) mass is 370 g/mol. The molecule has 0 amide bonds. The van der Waals surface area contributed by atoms with Crippen LogP contribution in [0.3, 0.4) is 0 Å². The third-order valence-electron chi connectivity index (χ3n) is 3.06. The van der Waals surface area contributed by atoms with Gasteiger partial charge in [0, 0.05) is 19.6 Å². The normalized spacial score (nSPS) is 13.1. The fraction of sp³-hybridized carbons (Fsp3) is 0.923. The van der Waals surface area contributed by atoms with E-state index in [0.29, 0.717) is 6.04 Å². The van der Waals surface area contributed by atoms with Crippen molar-refractivity contribution in [2.75, 3.05) is 33.2 Å². The number of aliphatic imine (C=N–C) groups is 1. The number of guanidine groups is 1. The van der Waals surface area contributed by atoms with Crippen molar-refractivity contribution in [3.8, 4) is 0 Å². The Morgan fingerprint density at radius 2 is 1.83 bits per heavy atom.